The highest BCUT2D eigenvalue weighted by atomic mass is 16.1. The number of isocyanates is 1. The van der Waals surface area contributed by atoms with Crippen LogP contribution in [0.25, 0.3) is 0 Å². The van der Waals surface area contributed by atoms with E-state index < -0.39 is 0 Å². The summed E-state index contributed by atoms with van der Waals surface area (Å²) in [7, 11) is 3.99. The lowest BCUT2D eigenvalue weighted by Gasteiger charge is -2.09. The molecule has 0 rings (SSSR count). The maximum Gasteiger partial charge on any atom is 0.235 e. The number of hydrogen-bond acceptors (Lipinski definition) is 3. The first kappa shape index (κ1) is 9.34. The third-order valence-corrected chi connectivity index (χ3v) is 1.27. The molecule has 0 amide bonds. The summed E-state index contributed by atoms with van der Waals surface area (Å²) in [6.07, 6.45) is 2.47. The summed E-state index contributed by atoms with van der Waals surface area (Å²) in [4.78, 5) is 15.4. The molecule has 0 aromatic heterocycles. The Bertz CT molecular complexity index is 128. The van der Waals surface area contributed by atoms with Crippen molar-refractivity contribution in [1.82, 2.24) is 4.90 Å². The van der Waals surface area contributed by atoms with Crippen molar-refractivity contribution in [1.29, 1.82) is 0 Å². The van der Waals surface area contributed by atoms with Gasteiger partial charge >= 0.3 is 0 Å². The molecule has 0 aromatic carbocycles. The Morgan fingerprint density at radius 1 is 1.60 bits per heavy atom. The summed E-state index contributed by atoms with van der Waals surface area (Å²) >= 11 is 0. The summed E-state index contributed by atoms with van der Waals surface area (Å²) < 4.78 is 0. The minimum atomic E-state index is 0.111. The molecule has 1 atom stereocenters. The van der Waals surface area contributed by atoms with Gasteiger partial charge in [0.15, 0.2) is 0 Å². The Hall–Kier alpha value is -0.660. The Kier molecular flexibility index (Phi) is 4.81. The zero-order valence-corrected chi connectivity index (χ0v) is 6.79. The largest absolute Gasteiger partial charge is 0.309 e. The summed E-state index contributed by atoms with van der Waals surface area (Å²) in [5, 5.41) is 0. The van der Waals surface area contributed by atoms with Crippen LogP contribution < -0.4 is 0 Å². The second-order valence-corrected chi connectivity index (χ2v) is 2.66. The van der Waals surface area contributed by atoms with E-state index in [2.05, 4.69) is 9.89 Å². The lowest BCUT2D eigenvalue weighted by molar-refractivity contribution is 0.386. The fraction of sp³-hybridized carbons (Fsp3) is 0.857. The number of carbonyl (C=O) groups excluding carboxylic acids is 1. The third kappa shape index (κ3) is 5.48. The average molecular weight is 142 g/mol. The number of aliphatic imine (C=N–C) groups is 1. The predicted molar refractivity (Wildman–Crippen MR) is 40.8 cm³/mol. The summed E-state index contributed by atoms with van der Waals surface area (Å²) in [5.74, 6) is 0. The normalized spacial score (nSPS) is 12.8. The van der Waals surface area contributed by atoms with Gasteiger partial charge in [0.05, 0.1) is 6.04 Å². The first-order chi connectivity index (χ1) is 4.66. The maximum absolute atomic E-state index is 9.75. The zero-order valence-electron chi connectivity index (χ0n) is 6.79. The molecule has 0 aliphatic heterocycles. The van der Waals surface area contributed by atoms with Gasteiger partial charge in [0.2, 0.25) is 6.08 Å². The van der Waals surface area contributed by atoms with Gasteiger partial charge in [0.25, 0.3) is 0 Å². The van der Waals surface area contributed by atoms with Crippen LogP contribution >= 0.6 is 0 Å². The quantitative estimate of drug-likeness (QED) is 0.426. The van der Waals surface area contributed by atoms with Crippen LogP contribution in [0.15, 0.2) is 4.99 Å². The van der Waals surface area contributed by atoms with Gasteiger partial charge in [-0.05, 0) is 34.0 Å². The van der Waals surface area contributed by atoms with E-state index in [1.807, 2.05) is 21.0 Å². The monoisotopic (exact) mass is 142 g/mol. The van der Waals surface area contributed by atoms with Gasteiger partial charge < -0.3 is 4.90 Å². The maximum atomic E-state index is 9.75. The van der Waals surface area contributed by atoms with Crippen LogP contribution in [0.1, 0.15) is 13.3 Å². The van der Waals surface area contributed by atoms with Crippen molar-refractivity contribution < 1.29 is 4.79 Å². The second-order valence-electron chi connectivity index (χ2n) is 2.66. The highest BCUT2D eigenvalue weighted by Gasteiger charge is 1.98. The van der Waals surface area contributed by atoms with E-state index in [-0.39, 0.29) is 6.04 Å². The summed E-state index contributed by atoms with van der Waals surface area (Å²) in [5.41, 5.74) is 0. The van der Waals surface area contributed by atoms with Gasteiger partial charge in [0.1, 0.15) is 0 Å². The fourth-order valence-corrected chi connectivity index (χ4v) is 0.600. The highest BCUT2D eigenvalue weighted by molar-refractivity contribution is 5.33. The van der Waals surface area contributed by atoms with Crippen LogP contribution in [0.3, 0.4) is 0 Å². The summed E-state index contributed by atoms with van der Waals surface area (Å²) in [6.45, 7) is 2.88. The first-order valence-corrected chi connectivity index (χ1v) is 3.38. The van der Waals surface area contributed by atoms with E-state index >= 15 is 0 Å². The van der Waals surface area contributed by atoms with Gasteiger partial charge in [-0.3, -0.25) is 0 Å². The Morgan fingerprint density at radius 2 is 2.20 bits per heavy atom. The molecular weight excluding hydrogens is 128 g/mol. The highest BCUT2D eigenvalue weighted by Crippen LogP contribution is 1.95. The molecular formula is C7H14N2O. The Morgan fingerprint density at radius 3 is 2.60 bits per heavy atom. The number of rotatable bonds is 4. The Labute approximate surface area is 61.7 Å². The molecule has 0 aliphatic rings. The predicted octanol–water partition coefficient (Wildman–Crippen LogP) is 0.662. The van der Waals surface area contributed by atoms with E-state index in [9.17, 15) is 4.79 Å². The number of hydrogen-bond donors (Lipinski definition) is 0. The zero-order chi connectivity index (χ0) is 7.98. The molecule has 3 nitrogen and oxygen atoms in total. The molecule has 0 bridgehead atoms. The SMILES string of the molecule is CC(CCN(C)C)N=C=O. The topological polar surface area (TPSA) is 32.7 Å². The lowest BCUT2D eigenvalue weighted by atomic mass is 10.2. The van der Waals surface area contributed by atoms with Gasteiger partial charge in [-0.15, -0.1) is 0 Å². The molecule has 0 aromatic rings. The van der Waals surface area contributed by atoms with Crippen LogP contribution in [0.2, 0.25) is 0 Å². The van der Waals surface area contributed by atoms with E-state index in [4.69, 9.17) is 0 Å². The Balaban J connectivity index is 3.39. The van der Waals surface area contributed by atoms with Gasteiger partial charge in [-0.2, -0.15) is 0 Å². The molecule has 1 unspecified atom stereocenters. The molecule has 0 fully saturated rings. The summed E-state index contributed by atoms with van der Waals surface area (Å²) in [6, 6.07) is 0.111. The van der Waals surface area contributed by atoms with Gasteiger partial charge in [0, 0.05) is 0 Å². The van der Waals surface area contributed by atoms with Crippen LogP contribution in [-0.4, -0.2) is 37.7 Å². The van der Waals surface area contributed by atoms with Crippen molar-refractivity contribution >= 4 is 6.08 Å². The van der Waals surface area contributed by atoms with Crippen LogP contribution in [0.4, 0.5) is 0 Å². The second kappa shape index (κ2) is 5.15. The smallest absolute Gasteiger partial charge is 0.235 e. The van der Waals surface area contributed by atoms with E-state index in [1.54, 1.807) is 6.08 Å². The molecule has 58 valence electrons. The molecule has 0 radical (unpaired) electrons. The van der Waals surface area contributed by atoms with E-state index in [0.29, 0.717) is 0 Å². The van der Waals surface area contributed by atoms with Crippen molar-refractivity contribution in [3.63, 3.8) is 0 Å². The minimum absolute atomic E-state index is 0.111. The van der Waals surface area contributed by atoms with Crippen molar-refractivity contribution in [2.45, 2.75) is 19.4 Å². The van der Waals surface area contributed by atoms with Gasteiger partial charge in [-0.1, -0.05) is 0 Å². The van der Waals surface area contributed by atoms with Crippen LogP contribution in [0, 0.1) is 0 Å². The van der Waals surface area contributed by atoms with E-state index in [0.717, 1.165) is 13.0 Å². The van der Waals surface area contributed by atoms with Crippen LogP contribution in [-0.2, 0) is 4.79 Å². The molecule has 0 spiro atoms. The molecule has 0 N–H and O–H groups in total. The number of nitrogens with zero attached hydrogens (tertiary/aromatic N) is 2. The van der Waals surface area contributed by atoms with E-state index in [1.165, 1.54) is 0 Å². The third-order valence-electron chi connectivity index (χ3n) is 1.27. The first-order valence-electron chi connectivity index (χ1n) is 3.38. The molecule has 0 saturated heterocycles. The molecule has 0 aliphatic carbocycles. The molecule has 0 saturated carbocycles. The average Bonchev–Trinajstić information content (AvgIpc) is 1.85. The van der Waals surface area contributed by atoms with Crippen molar-refractivity contribution in [2.24, 2.45) is 4.99 Å². The lowest BCUT2D eigenvalue weighted by Crippen LogP contribution is -2.16. The fourth-order valence-electron chi connectivity index (χ4n) is 0.600. The molecule has 10 heavy (non-hydrogen) atoms. The molecule has 0 heterocycles. The van der Waals surface area contributed by atoms with Crippen molar-refractivity contribution in [3.05, 3.63) is 0 Å². The minimum Gasteiger partial charge on any atom is -0.309 e. The van der Waals surface area contributed by atoms with Crippen molar-refractivity contribution in [3.8, 4) is 0 Å². The van der Waals surface area contributed by atoms with Gasteiger partial charge in [-0.25, -0.2) is 9.79 Å². The van der Waals surface area contributed by atoms with Crippen molar-refractivity contribution in [2.75, 3.05) is 20.6 Å². The standard InChI is InChI=1S/C7H14N2O/c1-7(8-6-10)4-5-9(2)3/h7H,4-5H2,1-3H3. The molecule has 3 heteroatoms. The van der Waals surface area contributed by atoms with Crippen LogP contribution in [0.5, 0.6) is 0 Å².